The third kappa shape index (κ3) is 2.52. The maximum atomic E-state index is 12.1. The van der Waals surface area contributed by atoms with Gasteiger partial charge in [-0.3, -0.25) is 14.5 Å². The summed E-state index contributed by atoms with van der Waals surface area (Å²) in [5, 5.41) is 8.64. The third-order valence-corrected chi connectivity index (χ3v) is 3.32. The van der Waals surface area contributed by atoms with Gasteiger partial charge in [0.1, 0.15) is 0 Å². The van der Waals surface area contributed by atoms with Crippen LogP contribution < -0.4 is 0 Å². The summed E-state index contributed by atoms with van der Waals surface area (Å²) in [4.78, 5) is 26.2. The lowest BCUT2D eigenvalue weighted by Gasteiger charge is -2.47. The normalized spacial score (nSPS) is 25.9. The zero-order valence-electron chi connectivity index (χ0n) is 10.4. The molecule has 1 saturated heterocycles. The van der Waals surface area contributed by atoms with E-state index in [0.29, 0.717) is 6.42 Å². The fourth-order valence-corrected chi connectivity index (χ4v) is 2.14. The van der Waals surface area contributed by atoms with E-state index in [1.54, 1.807) is 11.9 Å². The molecule has 92 valence electrons. The van der Waals surface area contributed by atoms with E-state index in [4.69, 9.17) is 5.11 Å². The lowest BCUT2D eigenvalue weighted by molar-refractivity contribution is -0.148. The molecule has 1 heterocycles. The van der Waals surface area contributed by atoms with Crippen molar-refractivity contribution < 1.29 is 14.7 Å². The van der Waals surface area contributed by atoms with Crippen molar-refractivity contribution in [3.8, 4) is 0 Å². The van der Waals surface area contributed by atoms with Gasteiger partial charge in [-0.15, -0.1) is 0 Å². The predicted molar refractivity (Wildman–Crippen MR) is 60.1 cm³/mol. The van der Waals surface area contributed by atoms with Crippen LogP contribution in [0.4, 0.5) is 0 Å². The number of amides is 1. The van der Waals surface area contributed by atoms with Gasteiger partial charge in [0.15, 0.2) is 0 Å². The number of hydrogen-bond acceptors (Lipinski definition) is 3. The number of hydrogen-bond donors (Lipinski definition) is 1. The number of carboxylic acids is 1. The van der Waals surface area contributed by atoms with Crippen LogP contribution in [0.5, 0.6) is 0 Å². The van der Waals surface area contributed by atoms with Crippen molar-refractivity contribution >= 4 is 11.9 Å². The Morgan fingerprint density at radius 2 is 2.06 bits per heavy atom. The van der Waals surface area contributed by atoms with E-state index in [0.717, 1.165) is 6.54 Å². The van der Waals surface area contributed by atoms with E-state index in [1.807, 2.05) is 25.8 Å². The molecule has 1 aliphatic rings. The van der Waals surface area contributed by atoms with Crippen molar-refractivity contribution in [3.05, 3.63) is 0 Å². The van der Waals surface area contributed by atoms with Gasteiger partial charge in [0.05, 0.1) is 6.04 Å². The van der Waals surface area contributed by atoms with E-state index < -0.39 is 5.97 Å². The summed E-state index contributed by atoms with van der Waals surface area (Å²) >= 11 is 0. The zero-order chi connectivity index (χ0) is 12.5. The molecular formula is C11H20N2O3. The zero-order valence-corrected chi connectivity index (χ0v) is 10.4. The minimum atomic E-state index is -0.853. The van der Waals surface area contributed by atoms with Crippen LogP contribution in [0.3, 0.4) is 0 Å². The minimum absolute atomic E-state index is 0.0139. The Hall–Kier alpha value is -1.10. The van der Waals surface area contributed by atoms with Crippen LogP contribution in [-0.4, -0.2) is 59.0 Å². The van der Waals surface area contributed by atoms with E-state index in [2.05, 4.69) is 0 Å². The van der Waals surface area contributed by atoms with Gasteiger partial charge < -0.3 is 10.0 Å². The summed E-state index contributed by atoms with van der Waals surface area (Å²) in [7, 11) is 3.66. The molecule has 0 aliphatic carbocycles. The Bertz CT molecular complexity index is 302. The highest BCUT2D eigenvalue weighted by Crippen LogP contribution is 2.24. The number of piperazine rings is 1. The highest BCUT2D eigenvalue weighted by Gasteiger charge is 2.40. The molecule has 5 nitrogen and oxygen atoms in total. The SMILES string of the molecule is CN1CC(C)(C)N(C)C(=O)C1CCC(=O)O. The molecule has 16 heavy (non-hydrogen) atoms. The Kier molecular flexibility index (Phi) is 3.57. The number of rotatable bonds is 3. The quantitative estimate of drug-likeness (QED) is 0.759. The molecule has 0 bridgehead atoms. The number of carbonyl (C=O) groups is 2. The van der Waals surface area contributed by atoms with Crippen LogP contribution in [0.1, 0.15) is 26.7 Å². The summed E-state index contributed by atoms with van der Waals surface area (Å²) < 4.78 is 0. The van der Waals surface area contributed by atoms with Gasteiger partial charge in [0.2, 0.25) is 5.91 Å². The molecule has 1 N–H and O–H groups in total. The van der Waals surface area contributed by atoms with Crippen LogP contribution in [0, 0.1) is 0 Å². The largest absolute Gasteiger partial charge is 0.481 e. The van der Waals surface area contributed by atoms with Crippen LogP contribution >= 0.6 is 0 Å². The molecule has 5 heteroatoms. The van der Waals surface area contributed by atoms with Crippen molar-refractivity contribution in [1.29, 1.82) is 0 Å². The first-order chi connectivity index (χ1) is 7.25. The van der Waals surface area contributed by atoms with Gasteiger partial charge in [-0.1, -0.05) is 0 Å². The number of carboxylic acid groups (broad SMARTS) is 1. The Labute approximate surface area is 96.0 Å². The van der Waals surface area contributed by atoms with Crippen molar-refractivity contribution in [3.63, 3.8) is 0 Å². The Morgan fingerprint density at radius 1 is 1.50 bits per heavy atom. The number of carbonyl (C=O) groups excluding carboxylic acids is 1. The topological polar surface area (TPSA) is 60.9 Å². The van der Waals surface area contributed by atoms with Crippen molar-refractivity contribution in [2.24, 2.45) is 0 Å². The molecule has 0 aromatic rings. The number of aliphatic carboxylic acids is 1. The average Bonchev–Trinajstić information content (AvgIpc) is 2.13. The predicted octanol–water partition coefficient (Wildman–Crippen LogP) is 0.402. The first-order valence-electron chi connectivity index (χ1n) is 5.45. The van der Waals surface area contributed by atoms with Crippen LogP contribution in [0.25, 0.3) is 0 Å². The molecule has 0 aromatic heterocycles. The minimum Gasteiger partial charge on any atom is -0.481 e. The summed E-state index contributed by atoms with van der Waals surface area (Å²) in [5.74, 6) is -0.839. The maximum absolute atomic E-state index is 12.1. The van der Waals surface area contributed by atoms with Crippen LogP contribution in [0.15, 0.2) is 0 Å². The smallest absolute Gasteiger partial charge is 0.303 e. The first-order valence-corrected chi connectivity index (χ1v) is 5.45. The van der Waals surface area contributed by atoms with E-state index >= 15 is 0 Å². The lowest BCUT2D eigenvalue weighted by atomic mass is 9.94. The molecule has 1 fully saturated rings. The molecule has 1 atom stereocenters. The fourth-order valence-electron chi connectivity index (χ4n) is 2.14. The average molecular weight is 228 g/mol. The van der Waals surface area contributed by atoms with Gasteiger partial charge in [-0.05, 0) is 27.3 Å². The molecule has 0 spiro atoms. The second-order valence-electron chi connectivity index (χ2n) is 5.07. The van der Waals surface area contributed by atoms with Gasteiger partial charge in [0, 0.05) is 25.6 Å². The van der Waals surface area contributed by atoms with Crippen LogP contribution in [0.2, 0.25) is 0 Å². The summed E-state index contributed by atoms with van der Waals surface area (Å²) in [6.45, 7) is 4.78. The summed E-state index contributed by atoms with van der Waals surface area (Å²) in [5.41, 5.74) is -0.189. The standard InChI is InChI=1S/C11H20N2O3/c1-11(2)7-12(3)8(5-6-9(14)15)10(16)13(11)4/h8H,5-7H2,1-4H3,(H,14,15). The number of nitrogens with zero attached hydrogens (tertiary/aromatic N) is 2. The Balaban J connectivity index is 2.72. The van der Waals surface area contributed by atoms with Gasteiger partial charge in [-0.2, -0.15) is 0 Å². The summed E-state index contributed by atoms with van der Waals surface area (Å²) in [6, 6.07) is -0.297. The second kappa shape index (κ2) is 4.41. The van der Waals surface area contributed by atoms with Gasteiger partial charge in [0.25, 0.3) is 0 Å². The molecule has 0 aromatic carbocycles. The maximum Gasteiger partial charge on any atom is 0.303 e. The second-order valence-corrected chi connectivity index (χ2v) is 5.07. The van der Waals surface area contributed by atoms with Crippen molar-refractivity contribution in [1.82, 2.24) is 9.80 Å². The van der Waals surface area contributed by atoms with E-state index in [1.165, 1.54) is 0 Å². The number of likely N-dealkylation sites (N-methyl/N-ethyl adjacent to an activating group) is 2. The molecule has 1 amide bonds. The third-order valence-electron chi connectivity index (χ3n) is 3.32. The molecule has 0 radical (unpaired) electrons. The van der Waals surface area contributed by atoms with Gasteiger partial charge >= 0.3 is 5.97 Å². The van der Waals surface area contributed by atoms with Crippen LogP contribution in [-0.2, 0) is 9.59 Å². The molecule has 0 saturated carbocycles. The van der Waals surface area contributed by atoms with E-state index in [-0.39, 0.29) is 23.9 Å². The Morgan fingerprint density at radius 3 is 2.56 bits per heavy atom. The van der Waals surface area contributed by atoms with Gasteiger partial charge in [-0.25, -0.2) is 0 Å². The highest BCUT2D eigenvalue weighted by atomic mass is 16.4. The molecule has 1 unspecified atom stereocenters. The molecule has 1 rings (SSSR count). The van der Waals surface area contributed by atoms with Crippen molar-refractivity contribution in [2.75, 3.05) is 20.6 Å². The first kappa shape index (κ1) is 13.0. The fraction of sp³-hybridized carbons (Fsp3) is 0.818. The lowest BCUT2D eigenvalue weighted by Crippen LogP contribution is -2.63. The highest BCUT2D eigenvalue weighted by molar-refractivity contribution is 5.83. The summed E-state index contributed by atoms with van der Waals surface area (Å²) in [6.07, 6.45) is 0.417. The van der Waals surface area contributed by atoms with E-state index in [9.17, 15) is 9.59 Å². The van der Waals surface area contributed by atoms with Crippen molar-refractivity contribution in [2.45, 2.75) is 38.3 Å². The molecule has 1 aliphatic heterocycles. The molecular weight excluding hydrogens is 208 g/mol. The monoisotopic (exact) mass is 228 g/mol.